The van der Waals surface area contributed by atoms with Crippen molar-refractivity contribution in [2.24, 2.45) is 5.73 Å². The van der Waals surface area contributed by atoms with Gasteiger partial charge in [0, 0.05) is 16.3 Å². The number of anilines is 2. The minimum atomic E-state index is -3.68. The average Bonchev–Trinajstić information content (AvgIpc) is 2.91. The van der Waals surface area contributed by atoms with Crippen LogP contribution in [0.15, 0.2) is 34.5 Å². The first-order valence-electron chi connectivity index (χ1n) is 7.20. The predicted molar refractivity (Wildman–Crippen MR) is 100 cm³/mol. The van der Waals surface area contributed by atoms with E-state index in [2.05, 4.69) is 10.0 Å². The molecule has 0 saturated heterocycles. The number of carbonyl (C=O) groups is 1. The maximum atomic E-state index is 12.2. The first-order valence-corrected chi connectivity index (χ1v) is 9.88. The van der Waals surface area contributed by atoms with Crippen molar-refractivity contribution in [3.05, 3.63) is 40.2 Å². The van der Waals surface area contributed by atoms with Gasteiger partial charge in [0.25, 0.3) is 10.0 Å². The fourth-order valence-electron chi connectivity index (χ4n) is 1.61. The smallest absolute Gasteiger partial charge is 0.271 e. The van der Waals surface area contributed by atoms with Crippen LogP contribution < -0.4 is 15.8 Å². The zero-order valence-electron chi connectivity index (χ0n) is 13.6. The summed E-state index contributed by atoms with van der Waals surface area (Å²) in [5.74, 6) is -0.322. The lowest BCUT2D eigenvalue weighted by Gasteiger charge is -2.08. The molecule has 2 rings (SSSR count). The molecular weight excluding hydrogens is 370 g/mol. The van der Waals surface area contributed by atoms with Gasteiger partial charge in [-0.3, -0.25) is 9.52 Å². The van der Waals surface area contributed by atoms with Gasteiger partial charge in [0.1, 0.15) is 4.21 Å². The van der Waals surface area contributed by atoms with E-state index in [9.17, 15) is 13.2 Å². The highest BCUT2D eigenvalue weighted by Crippen LogP contribution is 2.30. The number of hydrogen-bond acceptors (Lipinski definition) is 5. The van der Waals surface area contributed by atoms with Crippen molar-refractivity contribution in [3.8, 4) is 0 Å². The van der Waals surface area contributed by atoms with Crippen LogP contribution in [0.3, 0.4) is 0 Å². The minimum absolute atomic E-state index is 0.118. The van der Waals surface area contributed by atoms with Crippen LogP contribution in [0, 0.1) is 6.92 Å². The quantitative estimate of drug-likeness (QED) is 0.728. The zero-order valence-corrected chi connectivity index (χ0v) is 16.0. The molecule has 0 fully saturated rings. The number of rotatable bonds is 5. The molecule has 0 saturated carbocycles. The molecule has 0 radical (unpaired) electrons. The highest BCUT2D eigenvalue weighted by atomic mass is 35.5. The summed E-state index contributed by atoms with van der Waals surface area (Å²) in [7, 11) is -3.68. The topological polar surface area (TPSA) is 101 Å². The number of halogens is 1. The second-order valence-corrected chi connectivity index (χ2v) is 7.98. The summed E-state index contributed by atoms with van der Waals surface area (Å²) in [5.41, 5.74) is 6.12. The Morgan fingerprint density at radius 1 is 1.21 bits per heavy atom. The summed E-state index contributed by atoms with van der Waals surface area (Å²) in [6.45, 7) is 5.63. The van der Waals surface area contributed by atoms with Crippen LogP contribution in [-0.4, -0.2) is 20.9 Å². The Hall–Kier alpha value is -1.61. The molecular formula is C15H20ClN3O3S2. The van der Waals surface area contributed by atoms with Gasteiger partial charge >= 0.3 is 0 Å². The van der Waals surface area contributed by atoms with E-state index in [4.69, 9.17) is 17.3 Å². The van der Waals surface area contributed by atoms with Crippen molar-refractivity contribution in [2.45, 2.75) is 25.0 Å². The molecule has 0 bridgehead atoms. The van der Waals surface area contributed by atoms with Crippen molar-refractivity contribution < 1.29 is 13.2 Å². The van der Waals surface area contributed by atoms with E-state index in [1.54, 1.807) is 31.2 Å². The van der Waals surface area contributed by atoms with Crippen molar-refractivity contribution in [1.29, 1.82) is 0 Å². The van der Waals surface area contributed by atoms with E-state index in [0.29, 0.717) is 16.4 Å². The van der Waals surface area contributed by atoms with Crippen molar-refractivity contribution in [3.63, 3.8) is 0 Å². The Balaban J connectivity index is 0.00000139. The molecule has 1 amide bonds. The van der Waals surface area contributed by atoms with E-state index < -0.39 is 10.0 Å². The molecule has 0 atom stereocenters. The highest BCUT2D eigenvalue weighted by Gasteiger charge is 2.18. The second-order valence-electron chi connectivity index (χ2n) is 4.40. The zero-order chi connectivity index (χ0) is 18.3. The molecule has 4 N–H and O–H groups in total. The summed E-state index contributed by atoms with van der Waals surface area (Å²) < 4.78 is 27.1. The average molecular weight is 390 g/mol. The van der Waals surface area contributed by atoms with Crippen molar-refractivity contribution >= 4 is 50.2 Å². The lowest BCUT2D eigenvalue weighted by atomic mass is 10.3. The molecule has 0 unspecified atom stereocenters. The molecule has 9 heteroatoms. The lowest BCUT2D eigenvalue weighted by Crippen LogP contribution is -2.21. The predicted octanol–water partition coefficient (Wildman–Crippen LogP) is 3.43. The molecule has 2 aromatic rings. The van der Waals surface area contributed by atoms with E-state index in [1.165, 1.54) is 6.07 Å². The van der Waals surface area contributed by atoms with Gasteiger partial charge in [-0.1, -0.05) is 25.4 Å². The number of hydrogen-bond donors (Lipinski definition) is 3. The van der Waals surface area contributed by atoms with Gasteiger partial charge < -0.3 is 11.1 Å². The van der Waals surface area contributed by atoms with E-state index >= 15 is 0 Å². The summed E-state index contributed by atoms with van der Waals surface area (Å²) in [6, 6.07) is 7.67. The van der Waals surface area contributed by atoms with Crippen LogP contribution in [0.4, 0.5) is 11.4 Å². The third-order valence-corrected chi connectivity index (χ3v) is 6.12. The first-order chi connectivity index (χ1) is 11.3. The SMILES string of the molecule is CC.Cc1sc(S(=O)(=O)Nc2ccc(NC(=O)CN)cc2)cc1Cl. The first kappa shape index (κ1) is 20.4. The summed E-state index contributed by atoms with van der Waals surface area (Å²) in [6.07, 6.45) is 0. The fourth-order valence-corrected chi connectivity index (χ4v) is 4.35. The van der Waals surface area contributed by atoms with Gasteiger partial charge in [0.15, 0.2) is 0 Å². The van der Waals surface area contributed by atoms with Crippen molar-refractivity contribution in [2.75, 3.05) is 16.6 Å². The Morgan fingerprint density at radius 2 is 1.75 bits per heavy atom. The number of carbonyl (C=O) groups excluding carboxylic acids is 1. The van der Waals surface area contributed by atoms with Crippen LogP contribution in [0.2, 0.25) is 5.02 Å². The number of aryl methyl sites for hydroxylation is 1. The molecule has 1 heterocycles. The molecule has 0 aliphatic heterocycles. The normalized spacial score (nSPS) is 10.5. The Labute approximate surface area is 151 Å². The molecule has 1 aromatic heterocycles. The van der Waals surface area contributed by atoms with Gasteiger partial charge in [-0.15, -0.1) is 11.3 Å². The van der Waals surface area contributed by atoms with Gasteiger partial charge in [0.2, 0.25) is 5.91 Å². The molecule has 24 heavy (non-hydrogen) atoms. The van der Waals surface area contributed by atoms with Crippen LogP contribution in [0.5, 0.6) is 0 Å². The van der Waals surface area contributed by atoms with Gasteiger partial charge in [-0.2, -0.15) is 0 Å². The number of amides is 1. The summed E-state index contributed by atoms with van der Waals surface area (Å²) in [4.78, 5) is 11.9. The number of sulfonamides is 1. The van der Waals surface area contributed by atoms with E-state index in [1.807, 2.05) is 13.8 Å². The third kappa shape index (κ3) is 5.48. The summed E-state index contributed by atoms with van der Waals surface area (Å²) >= 11 is 6.99. The molecule has 132 valence electrons. The van der Waals surface area contributed by atoms with Gasteiger partial charge in [-0.05, 0) is 37.3 Å². The van der Waals surface area contributed by atoms with Crippen LogP contribution >= 0.6 is 22.9 Å². The van der Waals surface area contributed by atoms with Gasteiger partial charge in [0.05, 0.1) is 11.6 Å². The van der Waals surface area contributed by atoms with E-state index in [0.717, 1.165) is 16.2 Å². The fraction of sp³-hybridized carbons (Fsp3) is 0.267. The summed E-state index contributed by atoms with van der Waals surface area (Å²) in [5, 5.41) is 2.99. The lowest BCUT2D eigenvalue weighted by molar-refractivity contribution is -0.114. The van der Waals surface area contributed by atoms with Crippen molar-refractivity contribution in [1.82, 2.24) is 0 Å². The van der Waals surface area contributed by atoms with Crippen LogP contribution in [-0.2, 0) is 14.8 Å². The largest absolute Gasteiger partial charge is 0.325 e. The number of nitrogens with two attached hydrogens (primary N) is 1. The standard InChI is InChI=1S/C13H14ClN3O3S2.C2H6/c1-8-11(14)6-13(21-8)22(19,20)17-10-4-2-9(3-5-10)16-12(18)7-15;1-2/h2-6,17H,7,15H2,1H3,(H,16,18);1-2H3. The van der Waals surface area contributed by atoms with Gasteiger partial charge in [-0.25, -0.2) is 8.42 Å². The molecule has 0 aliphatic rings. The molecule has 0 spiro atoms. The number of nitrogens with one attached hydrogen (secondary N) is 2. The molecule has 1 aromatic carbocycles. The Kier molecular flexibility index (Phi) is 7.68. The molecule has 6 nitrogen and oxygen atoms in total. The monoisotopic (exact) mass is 389 g/mol. The minimum Gasteiger partial charge on any atom is -0.325 e. The maximum Gasteiger partial charge on any atom is 0.271 e. The van der Waals surface area contributed by atoms with Crippen LogP contribution in [0.25, 0.3) is 0 Å². The highest BCUT2D eigenvalue weighted by molar-refractivity contribution is 7.94. The Morgan fingerprint density at radius 3 is 2.21 bits per heavy atom. The Bertz CT molecular complexity index is 767. The number of benzene rings is 1. The molecule has 0 aliphatic carbocycles. The number of thiophene rings is 1. The van der Waals surface area contributed by atoms with E-state index in [-0.39, 0.29) is 16.7 Å². The maximum absolute atomic E-state index is 12.2. The van der Waals surface area contributed by atoms with Crippen LogP contribution in [0.1, 0.15) is 18.7 Å². The second kappa shape index (κ2) is 9.03. The third-order valence-electron chi connectivity index (χ3n) is 2.71.